The van der Waals surface area contributed by atoms with Gasteiger partial charge in [0.1, 0.15) is 0 Å². The lowest BCUT2D eigenvalue weighted by Crippen LogP contribution is -2.28. The molecular formula is C16H20N2. The van der Waals surface area contributed by atoms with Gasteiger partial charge in [0.2, 0.25) is 0 Å². The van der Waals surface area contributed by atoms with Gasteiger partial charge in [0.25, 0.3) is 0 Å². The lowest BCUT2D eigenvalue weighted by atomic mass is 9.91. The van der Waals surface area contributed by atoms with Crippen LogP contribution >= 0.6 is 0 Å². The van der Waals surface area contributed by atoms with E-state index in [0.717, 1.165) is 18.5 Å². The zero-order valence-corrected chi connectivity index (χ0v) is 10.9. The second-order valence-electron chi connectivity index (χ2n) is 5.15. The predicted octanol–water partition coefficient (Wildman–Crippen LogP) is 3.26. The van der Waals surface area contributed by atoms with E-state index in [0.29, 0.717) is 5.92 Å². The molecule has 1 aromatic heterocycles. The molecule has 0 spiro atoms. The van der Waals surface area contributed by atoms with Crippen molar-refractivity contribution >= 4 is 10.9 Å². The van der Waals surface area contributed by atoms with E-state index in [9.17, 15) is 0 Å². The fourth-order valence-corrected chi connectivity index (χ4v) is 2.76. The summed E-state index contributed by atoms with van der Waals surface area (Å²) in [6.07, 6.45) is 3.59. The van der Waals surface area contributed by atoms with Crippen LogP contribution in [0.25, 0.3) is 10.9 Å². The largest absolute Gasteiger partial charge is 0.316 e. The molecule has 2 heteroatoms. The smallest absolute Gasteiger partial charge is 0.0708 e. The Hall–Kier alpha value is -1.41. The van der Waals surface area contributed by atoms with Crippen LogP contribution in [0.2, 0.25) is 0 Å². The number of rotatable bonds is 2. The number of hydrogen-bond donors (Lipinski definition) is 1. The highest BCUT2D eigenvalue weighted by atomic mass is 14.9. The zero-order valence-electron chi connectivity index (χ0n) is 10.9. The molecule has 2 heterocycles. The Morgan fingerprint density at radius 2 is 2.17 bits per heavy atom. The van der Waals surface area contributed by atoms with Crippen LogP contribution in [0.1, 0.15) is 36.9 Å². The van der Waals surface area contributed by atoms with Crippen LogP contribution in [0.15, 0.2) is 30.3 Å². The number of fused-ring (bicyclic) bond motifs is 1. The number of benzene rings is 1. The lowest BCUT2D eigenvalue weighted by molar-refractivity contribution is 0.462. The monoisotopic (exact) mass is 240 g/mol. The molecule has 0 radical (unpaired) electrons. The third kappa shape index (κ3) is 2.25. The van der Waals surface area contributed by atoms with E-state index in [4.69, 9.17) is 4.98 Å². The number of hydrogen-bond acceptors (Lipinski definition) is 2. The SMILES string of the molecule is CCc1ccc2ccc([C@H]3CCCNC3)cc2n1. The van der Waals surface area contributed by atoms with E-state index in [-0.39, 0.29) is 0 Å². The molecular weight excluding hydrogens is 220 g/mol. The van der Waals surface area contributed by atoms with Gasteiger partial charge in [-0.15, -0.1) is 0 Å². The first-order valence-corrected chi connectivity index (χ1v) is 6.97. The second-order valence-corrected chi connectivity index (χ2v) is 5.15. The first kappa shape index (κ1) is 11.7. The maximum absolute atomic E-state index is 4.73. The van der Waals surface area contributed by atoms with Crippen LogP contribution in [0.4, 0.5) is 0 Å². The molecule has 1 aliphatic rings. The lowest BCUT2D eigenvalue weighted by Gasteiger charge is -2.23. The fourth-order valence-electron chi connectivity index (χ4n) is 2.76. The third-order valence-electron chi connectivity index (χ3n) is 3.90. The van der Waals surface area contributed by atoms with Gasteiger partial charge in [-0.1, -0.05) is 25.1 Å². The molecule has 1 saturated heterocycles. The van der Waals surface area contributed by atoms with Crippen LogP contribution in [-0.2, 0) is 6.42 Å². The minimum Gasteiger partial charge on any atom is -0.316 e. The maximum Gasteiger partial charge on any atom is 0.0708 e. The Morgan fingerprint density at radius 3 is 2.94 bits per heavy atom. The molecule has 2 aromatic rings. The van der Waals surface area contributed by atoms with Gasteiger partial charge in [-0.3, -0.25) is 4.98 Å². The number of nitrogens with zero attached hydrogens (tertiary/aromatic N) is 1. The van der Waals surface area contributed by atoms with Crippen molar-refractivity contribution in [3.05, 3.63) is 41.6 Å². The summed E-state index contributed by atoms with van der Waals surface area (Å²) in [6.45, 7) is 4.43. The summed E-state index contributed by atoms with van der Waals surface area (Å²) in [5.74, 6) is 0.662. The molecule has 0 bridgehead atoms. The normalized spacial score (nSPS) is 20.2. The summed E-state index contributed by atoms with van der Waals surface area (Å²) in [7, 11) is 0. The van der Waals surface area contributed by atoms with Crippen molar-refractivity contribution in [1.82, 2.24) is 10.3 Å². The van der Waals surface area contributed by atoms with E-state index in [1.807, 2.05) is 0 Å². The summed E-state index contributed by atoms with van der Waals surface area (Å²) >= 11 is 0. The van der Waals surface area contributed by atoms with Gasteiger partial charge in [-0.05, 0) is 49.4 Å². The van der Waals surface area contributed by atoms with Crippen molar-refractivity contribution < 1.29 is 0 Å². The molecule has 3 rings (SSSR count). The number of pyridine rings is 1. The van der Waals surface area contributed by atoms with Crippen molar-refractivity contribution in [1.29, 1.82) is 0 Å². The van der Waals surface area contributed by atoms with Gasteiger partial charge in [0.05, 0.1) is 5.52 Å². The maximum atomic E-state index is 4.73. The summed E-state index contributed by atoms with van der Waals surface area (Å²) in [4.78, 5) is 4.73. The molecule has 1 atom stereocenters. The quantitative estimate of drug-likeness (QED) is 0.871. The highest BCUT2D eigenvalue weighted by Crippen LogP contribution is 2.26. The van der Waals surface area contributed by atoms with Gasteiger partial charge in [-0.25, -0.2) is 0 Å². The number of aromatic nitrogens is 1. The summed E-state index contributed by atoms with van der Waals surface area (Å²) in [5, 5.41) is 4.73. The van der Waals surface area contributed by atoms with Crippen molar-refractivity contribution in [2.45, 2.75) is 32.1 Å². The first-order chi connectivity index (χ1) is 8.86. The minimum absolute atomic E-state index is 0.662. The number of nitrogens with one attached hydrogen (secondary N) is 1. The molecule has 0 unspecified atom stereocenters. The van der Waals surface area contributed by atoms with Gasteiger partial charge in [0, 0.05) is 17.6 Å². The highest BCUT2D eigenvalue weighted by molar-refractivity contribution is 5.79. The van der Waals surface area contributed by atoms with Crippen LogP contribution in [-0.4, -0.2) is 18.1 Å². The van der Waals surface area contributed by atoms with Gasteiger partial charge < -0.3 is 5.32 Å². The molecule has 1 aliphatic heterocycles. The highest BCUT2D eigenvalue weighted by Gasteiger charge is 2.15. The zero-order chi connectivity index (χ0) is 12.4. The van der Waals surface area contributed by atoms with Gasteiger partial charge >= 0.3 is 0 Å². The first-order valence-electron chi connectivity index (χ1n) is 6.97. The molecule has 0 saturated carbocycles. The Bertz CT molecular complexity index is 542. The molecule has 1 N–H and O–H groups in total. The Balaban J connectivity index is 1.97. The molecule has 18 heavy (non-hydrogen) atoms. The van der Waals surface area contributed by atoms with E-state index < -0.39 is 0 Å². The fraction of sp³-hybridized carbons (Fsp3) is 0.438. The molecule has 1 aromatic carbocycles. The molecule has 0 aliphatic carbocycles. The third-order valence-corrected chi connectivity index (χ3v) is 3.90. The standard InChI is InChI=1S/C16H20N2/c1-2-15-8-7-12-5-6-13(10-16(12)18-15)14-4-3-9-17-11-14/h5-8,10,14,17H,2-4,9,11H2,1H3/t14-/m0/s1. The van der Waals surface area contributed by atoms with E-state index in [1.165, 1.54) is 36.0 Å². The Morgan fingerprint density at radius 1 is 1.28 bits per heavy atom. The Kier molecular flexibility index (Phi) is 3.28. The summed E-state index contributed by atoms with van der Waals surface area (Å²) < 4.78 is 0. The van der Waals surface area contributed by atoms with Crippen molar-refractivity contribution in [2.24, 2.45) is 0 Å². The van der Waals surface area contributed by atoms with Crippen LogP contribution < -0.4 is 5.32 Å². The van der Waals surface area contributed by atoms with Gasteiger partial charge in [-0.2, -0.15) is 0 Å². The molecule has 2 nitrogen and oxygen atoms in total. The Labute approximate surface area is 108 Å². The molecule has 0 amide bonds. The predicted molar refractivity (Wildman–Crippen MR) is 76.0 cm³/mol. The summed E-state index contributed by atoms with van der Waals surface area (Å²) in [6, 6.07) is 11.1. The van der Waals surface area contributed by atoms with Crippen LogP contribution in [0.3, 0.4) is 0 Å². The molecule has 94 valence electrons. The van der Waals surface area contributed by atoms with E-state index in [2.05, 4.69) is 42.6 Å². The minimum atomic E-state index is 0.662. The van der Waals surface area contributed by atoms with Crippen molar-refractivity contribution in [3.63, 3.8) is 0 Å². The number of aryl methyl sites for hydroxylation is 1. The topological polar surface area (TPSA) is 24.9 Å². The van der Waals surface area contributed by atoms with Crippen molar-refractivity contribution in [3.8, 4) is 0 Å². The van der Waals surface area contributed by atoms with Crippen LogP contribution in [0, 0.1) is 0 Å². The van der Waals surface area contributed by atoms with Crippen molar-refractivity contribution in [2.75, 3.05) is 13.1 Å². The van der Waals surface area contributed by atoms with E-state index in [1.54, 1.807) is 0 Å². The second kappa shape index (κ2) is 5.07. The van der Waals surface area contributed by atoms with Gasteiger partial charge in [0.15, 0.2) is 0 Å². The summed E-state index contributed by atoms with van der Waals surface area (Å²) in [5.41, 5.74) is 3.77. The average molecular weight is 240 g/mol. The van der Waals surface area contributed by atoms with E-state index >= 15 is 0 Å². The average Bonchev–Trinajstić information content (AvgIpc) is 2.47. The molecule has 1 fully saturated rings. The van der Waals surface area contributed by atoms with Crippen LogP contribution in [0.5, 0.6) is 0 Å². The number of piperidine rings is 1.